The summed E-state index contributed by atoms with van der Waals surface area (Å²) in [6.45, 7) is 2.13. The van der Waals surface area contributed by atoms with Crippen LogP contribution in [0.5, 0.6) is 0 Å². The Bertz CT molecular complexity index is 1220. The van der Waals surface area contributed by atoms with E-state index in [9.17, 15) is 9.59 Å². The Labute approximate surface area is 191 Å². The second kappa shape index (κ2) is 10.0. The van der Waals surface area contributed by atoms with Crippen LogP contribution in [-0.2, 0) is 17.6 Å². The van der Waals surface area contributed by atoms with Gasteiger partial charge < -0.3 is 10.6 Å². The minimum Gasteiger partial charge on any atom is -0.324 e. The van der Waals surface area contributed by atoms with E-state index in [0.29, 0.717) is 22.6 Å². The van der Waals surface area contributed by atoms with Gasteiger partial charge in [-0.2, -0.15) is 0 Å². The molecule has 2 amide bonds. The predicted molar refractivity (Wildman–Crippen MR) is 130 cm³/mol. The second-order valence-corrected chi connectivity index (χ2v) is 8.14. The van der Waals surface area contributed by atoms with E-state index in [2.05, 4.69) is 46.8 Å². The lowest BCUT2D eigenvalue weighted by molar-refractivity contribution is -0.115. The molecule has 5 nitrogen and oxygen atoms in total. The molecule has 0 aliphatic rings. The van der Waals surface area contributed by atoms with Crippen LogP contribution >= 0.6 is 11.3 Å². The zero-order valence-corrected chi connectivity index (χ0v) is 18.5. The van der Waals surface area contributed by atoms with Gasteiger partial charge in [-0.15, -0.1) is 11.3 Å². The second-order valence-electron chi connectivity index (χ2n) is 7.29. The maximum atomic E-state index is 12.7. The van der Waals surface area contributed by atoms with Crippen LogP contribution in [0.1, 0.15) is 28.5 Å². The highest BCUT2D eigenvalue weighted by molar-refractivity contribution is 7.13. The Morgan fingerprint density at radius 2 is 1.50 bits per heavy atom. The molecule has 160 valence electrons. The number of aromatic nitrogens is 1. The fourth-order valence-corrected chi connectivity index (χ4v) is 4.07. The van der Waals surface area contributed by atoms with Gasteiger partial charge in [0.2, 0.25) is 5.91 Å². The minimum atomic E-state index is -0.231. The predicted octanol–water partition coefficient (Wildman–Crippen LogP) is 5.81. The van der Waals surface area contributed by atoms with E-state index < -0.39 is 0 Å². The number of rotatable bonds is 7. The van der Waals surface area contributed by atoms with Crippen LogP contribution in [-0.4, -0.2) is 16.8 Å². The Morgan fingerprint density at radius 3 is 2.19 bits per heavy atom. The highest BCUT2D eigenvalue weighted by Gasteiger charge is 2.13. The van der Waals surface area contributed by atoms with Crippen molar-refractivity contribution in [3.63, 3.8) is 0 Å². The van der Waals surface area contributed by atoms with Crippen molar-refractivity contribution >= 4 is 34.5 Å². The Hall–Kier alpha value is -3.77. The lowest BCUT2D eigenvalue weighted by Gasteiger charge is -2.12. The van der Waals surface area contributed by atoms with Crippen LogP contribution in [0.2, 0.25) is 0 Å². The molecule has 4 aromatic rings. The fourth-order valence-electron chi connectivity index (χ4n) is 3.25. The third kappa shape index (κ3) is 5.28. The van der Waals surface area contributed by atoms with Gasteiger partial charge in [-0.1, -0.05) is 61.5 Å². The van der Waals surface area contributed by atoms with Gasteiger partial charge in [-0.3, -0.25) is 9.59 Å². The SMILES string of the molecule is CCc1ccc(-c2nc(CC(=O)Nc3ccccc3NC(=O)c3ccccc3)cs2)cc1. The molecule has 0 fully saturated rings. The third-order valence-electron chi connectivity index (χ3n) is 4.99. The normalized spacial score (nSPS) is 10.5. The lowest BCUT2D eigenvalue weighted by Crippen LogP contribution is -2.18. The lowest BCUT2D eigenvalue weighted by atomic mass is 10.1. The van der Waals surface area contributed by atoms with Crippen molar-refractivity contribution in [2.75, 3.05) is 10.6 Å². The number of hydrogen-bond donors (Lipinski definition) is 2. The summed E-state index contributed by atoms with van der Waals surface area (Å²) in [6.07, 6.45) is 1.15. The van der Waals surface area contributed by atoms with E-state index in [1.54, 1.807) is 24.3 Å². The molecule has 32 heavy (non-hydrogen) atoms. The average Bonchev–Trinajstić information content (AvgIpc) is 3.29. The van der Waals surface area contributed by atoms with Crippen molar-refractivity contribution < 1.29 is 9.59 Å². The molecule has 6 heteroatoms. The van der Waals surface area contributed by atoms with Gasteiger partial charge in [-0.05, 0) is 36.2 Å². The molecule has 3 aromatic carbocycles. The Morgan fingerprint density at radius 1 is 0.844 bits per heavy atom. The van der Waals surface area contributed by atoms with Crippen LogP contribution in [0.4, 0.5) is 11.4 Å². The summed E-state index contributed by atoms with van der Waals surface area (Å²) < 4.78 is 0. The minimum absolute atomic E-state index is 0.157. The van der Waals surface area contributed by atoms with E-state index >= 15 is 0 Å². The molecule has 0 radical (unpaired) electrons. The number of carbonyl (C=O) groups is 2. The van der Waals surface area contributed by atoms with E-state index in [0.717, 1.165) is 17.0 Å². The van der Waals surface area contributed by atoms with Crippen molar-refractivity contribution in [2.45, 2.75) is 19.8 Å². The molecule has 1 heterocycles. The average molecular weight is 442 g/mol. The summed E-state index contributed by atoms with van der Waals surface area (Å²) in [4.78, 5) is 29.8. The summed E-state index contributed by atoms with van der Waals surface area (Å²) in [5, 5.41) is 8.56. The molecule has 2 N–H and O–H groups in total. The maximum Gasteiger partial charge on any atom is 0.255 e. The fraction of sp³-hybridized carbons (Fsp3) is 0.115. The number of benzene rings is 3. The Balaban J connectivity index is 1.41. The molecule has 0 saturated heterocycles. The topological polar surface area (TPSA) is 71.1 Å². The van der Waals surface area contributed by atoms with Crippen molar-refractivity contribution in [1.29, 1.82) is 0 Å². The smallest absolute Gasteiger partial charge is 0.255 e. The molecule has 0 aliphatic carbocycles. The molecule has 0 saturated carbocycles. The van der Waals surface area contributed by atoms with Crippen LogP contribution in [0.15, 0.2) is 84.2 Å². The number of hydrogen-bond acceptors (Lipinski definition) is 4. The van der Waals surface area contributed by atoms with Crippen molar-refractivity contribution in [3.8, 4) is 10.6 Å². The molecule has 1 aromatic heterocycles. The van der Waals surface area contributed by atoms with Gasteiger partial charge in [0.15, 0.2) is 0 Å². The summed E-state index contributed by atoms with van der Waals surface area (Å²) >= 11 is 1.53. The molecule has 0 aliphatic heterocycles. The third-order valence-corrected chi connectivity index (χ3v) is 5.93. The van der Waals surface area contributed by atoms with Crippen LogP contribution in [0.3, 0.4) is 0 Å². The van der Waals surface area contributed by atoms with Gasteiger partial charge in [0, 0.05) is 16.5 Å². The first-order valence-corrected chi connectivity index (χ1v) is 11.3. The quantitative estimate of drug-likeness (QED) is 0.380. The van der Waals surface area contributed by atoms with Crippen molar-refractivity contribution in [2.24, 2.45) is 0 Å². The number of aryl methyl sites for hydroxylation is 1. The molecular formula is C26H23N3O2S. The van der Waals surface area contributed by atoms with Gasteiger partial charge >= 0.3 is 0 Å². The number of anilines is 2. The molecule has 4 rings (SSSR count). The van der Waals surface area contributed by atoms with Gasteiger partial charge in [0.1, 0.15) is 5.01 Å². The van der Waals surface area contributed by atoms with E-state index in [4.69, 9.17) is 0 Å². The van der Waals surface area contributed by atoms with Gasteiger partial charge in [0.05, 0.1) is 23.5 Å². The van der Waals surface area contributed by atoms with Gasteiger partial charge in [-0.25, -0.2) is 4.98 Å². The highest BCUT2D eigenvalue weighted by Crippen LogP contribution is 2.25. The van der Waals surface area contributed by atoms with Crippen LogP contribution in [0.25, 0.3) is 10.6 Å². The zero-order valence-electron chi connectivity index (χ0n) is 17.7. The molecule has 0 atom stereocenters. The maximum absolute atomic E-state index is 12.7. The number of nitrogens with one attached hydrogen (secondary N) is 2. The first-order chi connectivity index (χ1) is 15.6. The standard InChI is InChI=1S/C26H23N3O2S/c1-2-18-12-14-20(15-13-18)26-27-21(17-32-26)16-24(30)28-22-10-6-7-11-23(22)29-25(31)19-8-4-3-5-9-19/h3-15,17H,2,16H2,1H3,(H,28,30)(H,29,31). The molecule has 0 unspecified atom stereocenters. The number of thiazole rings is 1. The Kier molecular flexibility index (Phi) is 6.72. The number of para-hydroxylation sites is 2. The van der Waals surface area contributed by atoms with E-state index in [1.807, 2.05) is 35.7 Å². The van der Waals surface area contributed by atoms with Crippen molar-refractivity contribution in [1.82, 2.24) is 4.98 Å². The summed E-state index contributed by atoms with van der Waals surface area (Å²) in [6, 6.07) is 24.4. The van der Waals surface area contributed by atoms with E-state index in [1.165, 1.54) is 16.9 Å². The summed E-state index contributed by atoms with van der Waals surface area (Å²) in [5.41, 5.74) is 4.69. The first kappa shape index (κ1) is 21.5. The molecular weight excluding hydrogens is 418 g/mol. The monoisotopic (exact) mass is 441 g/mol. The molecule has 0 spiro atoms. The number of nitrogens with zero attached hydrogens (tertiary/aromatic N) is 1. The number of carbonyl (C=O) groups excluding carboxylic acids is 2. The van der Waals surface area contributed by atoms with Crippen molar-refractivity contribution in [3.05, 3.63) is 101 Å². The molecule has 0 bridgehead atoms. The van der Waals surface area contributed by atoms with Crippen LogP contribution < -0.4 is 10.6 Å². The highest BCUT2D eigenvalue weighted by atomic mass is 32.1. The first-order valence-electron chi connectivity index (χ1n) is 10.4. The zero-order chi connectivity index (χ0) is 22.3. The number of amides is 2. The summed E-state index contributed by atoms with van der Waals surface area (Å²) in [7, 11) is 0. The van der Waals surface area contributed by atoms with Crippen LogP contribution in [0, 0.1) is 0 Å². The van der Waals surface area contributed by atoms with Gasteiger partial charge in [0.25, 0.3) is 5.91 Å². The summed E-state index contributed by atoms with van der Waals surface area (Å²) in [5.74, 6) is -0.421. The largest absolute Gasteiger partial charge is 0.324 e. The van der Waals surface area contributed by atoms with E-state index in [-0.39, 0.29) is 18.2 Å².